The number of rotatable bonds is 4. The van der Waals surface area contributed by atoms with Crippen molar-refractivity contribution in [3.05, 3.63) is 59.4 Å². The van der Waals surface area contributed by atoms with E-state index in [0.29, 0.717) is 24.3 Å². The third-order valence-electron chi connectivity index (χ3n) is 4.48. The van der Waals surface area contributed by atoms with Crippen LogP contribution in [0.2, 0.25) is 0 Å². The number of nitrogens with one attached hydrogen (secondary N) is 2. The Kier molecular flexibility index (Phi) is 5.48. The van der Waals surface area contributed by atoms with Crippen LogP contribution in [0.5, 0.6) is 0 Å². The number of piperazine rings is 1. The van der Waals surface area contributed by atoms with Gasteiger partial charge in [0.25, 0.3) is 15.9 Å². The highest BCUT2D eigenvalue weighted by atomic mass is 32.2. The first-order chi connectivity index (χ1) is 12.8. The molecule has 1 aliphatic heterocycles. The molecular formula is C19H22FN3O3S. The maximum absolute atomic E-state index is 13.4. The highest BCUT2D eigenvalue weighted by Gasteiger charge is 2.22. The minimum Gasteiger partial charge on any atom is -0.336 e. The summed E-state index contributed by atoms with van der Waals surface area (Å²) in [5, 5.41) is 3.28. The Morgan fingerprint density at radius 3 is 2.56 bits per heavy atom. The molecule has 144 valence electrons. The minimum atomic E-state index is -3.83. The van der Waals surface area contributed by atoms with Gasteiger partial charge in [-0.1, -0.05) is 0 Å². The van der Waals surface area contributed by atoms with Crippen molar-refractivity contribution in [2.24, 2.45) is 0 Å². The average Bonchev–Trinajstić information content (AvgIpc) is 2.63. The van der Waals surface area contributed by atoms with Gasteiger partial charge in [0.05, 0.1) is 4.90 Å². The number of anilines is 1. The zero-order valence-corrected chi connectivity index (χ0v) is 16.0. The van der Waals surface area contributed by atoms with Crippen molar-refractivity contribution in [3.63, 3.8) is 0 Å². The molecule has 27 heavy (non-hydrogen) atoms. The first-order valence-electron chi connectivity index (χ1n) is 8.68. The van der Waals surface area contributed by atoms with Crippen LogP contribution in [-0.2, 0) is 10.0 Å². The van der Waals surface area contributed by atoms with Gasteiger partial charge in [-0.3, -0.25) is 9.52 Å². The van der Waals surface area contributed by atoms with Crippen molar-refractivity contribution in [1.29, 1.82) is 0 Å². The summed E-state index contributed by atoms with van der Waals surface area (Å²) in [6.07, 6.45) is 0. The first-order valence-corrected chi connectivity index (χ1v) is 10.2. The average molecular weight is 391 g/mol. The quantitative estimate of drug-likeness (QED) is 0.839. The van der Waals surface area contributed by atoms with Gasteiger partial charge >= 0.3 is 0 Å². The minimum absolute atomic E-state index is 0.0173. The van der Waals surface area contributed by atoms with Crippen LogP contribution in [0.1, 0.15) is 22.8 Å². The molecule has 2 N–H and O–H groups in total. The van der Waals surface area contributed by atoms with Crippen LogP contribution >= 0.6 is 0 Å². The Bertz CT molecular complexity index is 945. The predicted octanol–water partition coefficient (Wildman–Crippen LogP) is 2.37. The summed E-state index contributed by atoms with van der Waals surface area (Å²) in [6, 6.07) is 10.2. The molecule has 3 rings (SSSR count). The molecule has 0 aliphatic carbocycles. The third-order valence-corrected chi connectivity index (χ3v) is 5.86. The Morgan fingerprint density at radius 1 is 1.22 bits per heavy atom. The van der Waals surface area contributed by atoms with Gasteiger partial charge in [-0.25, -0.2) is 12.8 Å². The van der Waals surface area contributed by atoms with E-state index in [9.17, 15) is 17.6 Å². The Hall–Kier alpha value is -2.45. The van der Waals surface area contributed by atoms with E-state index in [1.807, 2.05) is 6.92 Å². The van der Waals surface area contributed by atoms with Crippen molar-refractivity contribution in [2.45, 2.75) is 24.8 Å². The van der Waals surface area contributed by atoms with Crippen LogP contribution in [0.25, 0.3) is 0 Å². The summed E-state index contributed by atoms with van der Waals surface area (Å²) in [5.74, 6) is -0.536. The molecule has 1 saturated heterocycles. The van der Waals surface area contributed by atoms with Gasteiger partial charge < -0.3 is 10.2 Å². The van der Waals surface area contributed by atoms with Crippen molar-refractivity contribution in [2.75, 3.05) is 24.4 Å². The molecule has 1 unspecified atom stereocenters. The Balaban J connectivity index is 1.73. The first kappa shape index (κ1) is 19.3. The second-order valence-electron chi connectivity index (χ2n) is 6.70. The van der Waals surface area contributed by atoms with E-state index in [0.717, 1.165) is 12.6 Å². The van der Waals surface area contributed by atoms with Gasteiger partial charge in [-0.05, 0) is 61.9 Å². The molecule has 2 aromatic carbocycles. The fourth-order valence-electron chi connectivity index (χ4n) is 2.98. The molecule has 0 spiro atoms. The number of amides is 1. The van der Waals surface area contributed by atoms with Crippen LogP contribution in [0.3, 0.4) is 0 Å². The van der Waals surface area contributed by atoms with Gasteiger partial charge in [0, 0.05) is 36.9 Å². The van der Waals surface area contributed by atoms with E-state index in [4.69, 9.17) is 0 Å². The summed E-state index contributed by atoms with van der Waals surface area (Å²) in [6.45, 7) is 5.56. The van der Waals surface area contributed by atoms with Gasteiger partial charge in [0.1, 0.15) is 5.82 Å². The molecule has 0 aromatic heterocycles. The number of aryl methyl sites for hydroxylation is 1. The molecule has 1 heterocycles. The highest BCUT2D eigenvalue weighted by Crippen LogP contribution is 2.19. The zero-order chi connectivity index (χ0) is 19.6. The predicted molar refractivity (Wildman–Crippen MR) is 102 cm³/mol. The Labute approximate surface area is 158 Å². The second kappa shape index (κ2) is 7.66. The molecule has 1 atom stereocenters. The molecule has 0 radical (unpaired) electrons. The number of halogens is 1. The van der Waals surface area contributed by atoms with E-state index in [1.54, 1.807) is 29.2 Å². The number of hydrogen-bond acceptors (Lipinski definition) is 4. The van der Waals surface area contributed by atoms with Crippen LogP contribution in [0, 0.1) is 12.7 Å². The second-order valence-corrected chi connectivity index (χ2v) is 8.38. The number of carbonyl (C=O) groups is 1. The van der Waals surface area contributed by atoms with E-state index in [-0.39, 0.29) is 22.4 Å². The maximum atomic E-state index is 13.4. The number of sulfonamides is 1. The maximum Gasteiger partial charge on any atom is 0.261 e. The van der Waals surface area contributed by atoms with Gasteiger partial charge in [0.2, 0.25) is 0 Å². The van der Waals surface area contributed by atoms with Crippen molar-refractivity contribution in [3.8, 4) is 0 Å². The normalized spacial score (nSPS) is 17.6. The zero-order valence-electron chi connectivity index (χ0n) is 15.2. The summed E-state index contributed by atoms with van der Waals surface area (Å²) >= 11 is 0. The van der Waals surface area contributed by atoms with Gasteiger partial charge in [0.15, 0.2) is 0 Å². The van der Waals surface area contributed by atoms with Gasteiger partial charge in [-0.15, -0.1) is 0 Å². The molecule has 2 aromatic rings. The fraction of sp³-hybridized carbons (Fsp3) is 0.316. The number of hydrogen-bond donors (Lipinski definition) is 2. The summed E-state index contributed by atoms with van der Waals surface area (Å²) in [7, 11) is -3.83. The fourth-order valence-corrected chi connectivity index (χ4v) is 4.12. The highest BCUT2D eigenvalue weighted by molar-refractivity contribution is 7.92. The van der Waals surface area contributed by atoms with Crippen LogP contribution in [-0.4, -0.2) is 44.9 Å². The number of nitrogens with zero attached hydrogens (tertiary/aromatic N) is 1. The summed E-state index contributed by atoms with van der Waals surface area (Å²) in [5.41, 5.74) is 1.09. The van der Waals surface area contributed by atoms with Crippen LogP contribution in [0.15, 0.2) is 47.4 Å². The van der Waals surface area contributed by atoms with Crippen molar-refractivity contribution >= 4 is 21.6 Å². The lowest BCUT2D eigenvalue weighted by molar-refractivity contribution is 0.0709. The molecule has 1 fully saturated rings. The molecule has 6 nitrogen and oxygen atoms in total. The SMILES string of the molecule is Cc1cc(S(=O)(=O)Nc2ccc(C(=O)N3CCNC(C)C3)cc2)ccc1F. The van der Waals surface area contributed by atoms with E-state index in [2.05, 4.69) is 10.0 Å². The Morgan fingerprint density at radius 2 is 1.93 bits per heavy atom. The largest absolute Gasteiger partial charge is 0.336 e. The lowest BCUT2D eigenvalue weighted by Crippen LogP contribution is -2.51. The molecule has 1 amide bonds. The topological polar surface area (TPSA) is 78.5 Å². The van der Waals surface area contributed by atoms with Crippen LogP contribution in [0.4, 0.5) is 10.1 Å². The van der Waals surface area contributed by atoms with E-state index in [1.165, 1.54) is 19.1 Å². The number of carbonyl (C=O) groups excluding carboxylic acids is 1. The molecule has 0 saturated carbocycles. The lowest BCUT2D eigenvalue weighted by Gasteiger charge is -2.32. The van der Waals surface area contributed by atoms with E-state index < -0.39 is 15.8 Å². The van der Waals surface area contributed by atoms with Gasteiger partial charge in [-0.2, -0.15) is 0 Å². The summed E-state index contributed by atoms with van der Waals surface area (Å²) in [4.78, 5) is 14.3. The van der Waals surface area contributed by atoms with Crippen molar-refractivity contribution < 1.29 is 17.6 Å². The third kappa shape index (κ3) is 4.45. The molecule has 0 bridgehead atoms. The lowest BCUT2D eigenvalue weighted by atomic mass is 10.1. The van der Waals surface area contributed by atoms with Crippen molar-refractivity contribution in [1.82, 2.24) is 10.2 Å². The monoisotopic (exact) mass is 391 g/mol. The summed E-state index contributed by atoms with van der Waals surface area (Å²) < 4.78 is 40.7. The number of benzene rings is 2. The standard InChI is InChI=1S/C19H22FN3O3S/c1-13-11-17(7-8-18(13)20)27(25,26)22-16-5-3-15(4-6-16)19(24)23-10-9-21-14(2)12-23/h3-8,11,14,21-22H,9-10,12H2,1-2H3. The van der Waals surface area contributed by atoms with E-state index >= 15 is 0 Å². The van der Waals surface area contributed by atoms with Crippen LogP contribution < -0.4 is 10.0 Å². The molecule has 1 aliphatic rings. The smallest absolute Gasteiger partial charge is 0.261 e. The molecular weight excluding hydrogens is 369 g/mol. The molecule has 8 heteroatoms.